The first-order valence-corrected chi connectivity index (χ1v) is 9.72. The van der Waals surface area contributed by atoms with Crippen molar-refractivity contribution in [1.29, 1.82) is 0 Å². The van der Waals surface area contributed by atoms with Gasteiger partial charge in [-0.1, -0.05) is 29.8 Å². The van der Waals surface area contributed by atoms with Crippen LogP contribution < -0.4 is 9.62 Å². The lowest BCUT2D eigenvalue weighted by Crippen LogP contribution is -2.35. The van der Waals surface area contributed by atoms with Gasteiger partial charge in [0.1, 0.15) is 0 Å². The quantitative estimate of drug-likeness (QED) is 0.908. The predicted molar refractivity (Wildman–Crippen MR) is 96.3 cm³/mol. The van der Waals surface area contributed by atoms with Gasteiger partial charge in [-0.25, -0.2) is 8.42 Å². The van der Waals surface area contributed by atoms with Gasteiger partial charge in [0, 0.05) is 17.4 Å². The molecule has 1 N–H and O–H groups in total. The second-order valence-electron chi connectivity index (χ2n) is 5.93. The number of fused-ring (bicyclic) bond motifs is 1. The lowest BCUT2D eigenvalue weighted by atomic mass is 10.1. The van der Waals surface area contributed by atoms with Crippen molar-refractivity contribution in [3.63, 3.8) is 0 Å². The summed E-state index contributed by atoms with van der Waals surface area (Å²) in [6.45, 7) is 1.98. The van der Waals surface area contributed by atoms with Crippen LogP contribution in [0, 0.1) is 0 Å². The van der Waals surface area contributed by atoms with Crippen LogP contribution >= 0.6 is 11.6 Å². The average molecular weight is 365 g/mol. The molecular formula is C17H17ClN2O3S. The highest BCUT2D eigenvalue weighted by Gasteiger charge is 2.32. The number of nitrogens with zero attached hydrogens (tertiary/aromatic N) is 1. The van der Waals surface area contributed by atoms with E-state index in [1.165, 1.54) is 18.2 Å². The third-order valence-corrected chi connectivity index (χ3v) is 4.86. The Morgan fingerprint density at radius 3 is 2.67 bits per heavy atom. The van der Waals surface area contributed by atoms with Crippen LogP contribution in [-0.2, 0) is 16.4 Å². The number of hydrogen-bond donors (Lipinski definition) is 1. The van der Waals surface area contributed by atoms with Crippen LogP contribution in [0.2, 0.25) is 5.02 Å². The maximum atomic E-state index is 13.0. The molecule has 1 aliphatic rings. The van der Waals surface area contributed by atoms with Gasteiger partial charge in [-0.15, -0.1) is 0 Å². The first-order valence-electron chi connectivity index (χ1n) is 7.45. The number of carbonyl (C=O) groups is 1. The minimum Gasteiger partial charge on any atom is -0.305 e. The van der Waals surface area contributed by atoms with E-state index in [1.807, 2.05) is 31.2 Å². The van der Waals surface area contributed by atoms with Gasteiger partial charge in [0.05, 0.1) is 16.8 Å². The summed E-state index contributed by atoms with van der Waals surface area (Å²) in [7, 11) is -3.43. The molecule has 0 radical (unpaired) electrons. The van der Waals surface area contributed by atoms with Crippen molar-refractivity contribution in [1.82, 2.24) is 0 Å². The molecule has 2 aromatic carbocycles. The summed E-state index contributed by atoms with van der Waals surface area (Å²) in [5, 5.41) is 0.288. The molecule has 126 valence electrons. The summed E-state index contributed by atoms with van der Waals surface area (Å²) in [5.41, 5.74) is 2.56. The van der Waals surface area contributed by atoms with Crippen molar-refractivity contribution in [2.45, 2.75) is 19.4 Å². The minimum atomic E-state index is -3.43. The van der Waals surface area contributed by atoms with Crippen LogP contribution in [0.3, 0.4) is 0 Å². The summed E-state index contributed by atoms with van der Waals surface area (Å²) in [4.78, 5) is 14.7. The summed E-state index contributed by atoms with van der Waals surface area (Å²) in [6.07, 6.45) is 1.84. The van der Waals surface area contributed by atoms with E-state index in [0.29, 0.717) is 5.69 Å². The van der Waals surface area contributed by atoms with E-state index < -0.39 is 10.0 Å². The summed E-state index contributed by atoms with van der Waals surface area (Å²) < 4.78 is 25.2. The fraction of sp³-hybridized carbons (Fsp3) is 0.235. The molecule has 0 unspecified atom stereocenters. The van der Waals surface area contributed by atoms with Crippen LogP contribution in [0.25, 0.3) is 0 Å². The molecule has 24 heavy (non-hydrogen) atoms. The SMILES string of the molecule is C[C@H]1Cc2ccccc2N1C(=O)c1cc(NS(C)(=O)=O)ccc1Cl. The molecule has 1 aliphatic heterocycles. The van der Waals surface area contributed by atoms with Gasteiger partial charge in [-0.2, -0.15) is 0 Å². The van der Waals surface area contributed by atoms with Crippen LogP contribution in [0.15, 0.2) is 42.5 Å². The standard InChI is InChI=1S/C17H17ClN2O3S/c1-11-9-12-5-3-4-6-16(12)20(11)17(21)14-10-13(7-8-15(14)18)19-24(2,22)23/h3-8,10-11,19H,9H2,1-2H3/t11-/m0/s1. The van der Waals surface area contributed by atoms with Crippen molar-refractivity contribution < 1.29 is 13.2 Å². The minimum absolute atomic E-state index is 0.0116. The maximum Gasteiger partial charge on any atom is 0.260 e. The summed E-state index contributed by atoms with van der Waals surface area (Å²) in [6, 6.07) is 12.3. The van der Waals surface area contributed by atoms with E-state index in [-0.39, 0.29) is 22.5 Å². The molecular weight excluding hydrogens is 348 g/mol. The van der Waals surface area contributed by atoms with Gasteiger partial charge in [0.25, 0.3) is 5.91 Å². The third-order valence-electron chi connectivity index (χ3n) is 3.93. The van der Waals surface area contributed by atoms with Crippen LogP contribution in [0.4, 0.5) is 11.4 Å². The van der Waals surface area contributed by atoms with Crippen molar-refractivity contribution in [2.75, 3.05) is 15.9 Å². The molecule has 1 atom stereocenters. The Labute approximate surface area is 146 Å². The molecule has 0 saturated heterocycles. The first kappa shape index (κ1) is 16.8. The molecule has 1 heterocycles. The van der Waals surface area contributed by atoms with E-state index in [2.05, 4.69) is 4.72 Å². The maximum absolute atomic E-state index is 13.0. The summed E-state index contributed by atoms with van der Waals surface area (Å²) >= 11 is 6.19. The second kappa shape index (κ2) is 6.11. The molecule has 7 heteroatoms. The van der Waals surface area contributed by atoms with Crippen LogP contribution in [0.1, 0.15) is 22.8 Å². The van der Waals surface area contributed by atoms with Gasteiger partial charge in [-0.05, 0) is 43.2 Å². The zero-order chi connectivity index (χ0) is 17.5. The van der Waals surface area contributed by atoms with E-state index in [1.54, 1.807) is 4.90 Å². The zero-order valence-corrected chi connectivity index (χ0v) is 14.9. The molecule has 0 bridgehead atoms. The van der Waals surface area contributed by atoms with E-state index in [4.69, 9.17) is 11.6 Å². The fourth-order valence-electron chi connectivity index (χ4n) is 2.97. The number of amides is 1. The van der Waals surface area contributed by atoms with Crippen molar-refractivity contribution >= 4 is 38.9 Å². The predicted octanol–water partition coefficient (Wildman–Crippen LogP) is 3.30. The van der Waals surface area contributed by atoms with Gasteiger partial charge in [0.2, 0.25) is 10.0 Å². The Balaban J connectivity index is 2.00. The van der Waals surface area contributed by atoms with Crippen molar-refractivity contribution in [3.05, 3.63) is 58.6 Å². The Morgan fingerprint density at radius 2 is 1.96 bits per heavy atom. The number of para-hydroxylation sites is 1. The molecule has 3 rings (SSSR count). The van der Waals surface area contributed by atoms with Gasteiger partial charge >= 0.3 is 0 Å². The largest absolute Gasteiger partial charge is 0.305 e. The number of hydrogen-bond acceptors (Lipinski definition) is 3. The Morgan fingerprint density at radius 1 is 1.25 bits per heavy atom. The molecule has 0 saturated carbocycles. The molecule has 0 fully saturated rings. The molecule has 2 aromatic rings. The topological polar surface area (TPSA) is 66.5 Å². The normalized spacial score (nSPS) is 16.8. The van der Waals surface area contributed by atoms with Crippen LogP contribution in [-0.4, -0.2) is 26.6 Å². The highest BCUT2D eigenvalue weighted by Crippen LogP contribution is 2.34. The number of nitrogens with one attached hydrogen (secondary N) is 1. The smallest absolute Gasteiger partial charge is 0.260 e. The Kier molecular flexibility index (Phi) is 4.27. The molecule has 1 amide bonds. The molecule has 0 spiro atoms. The monoisotopic (exact) mass is 364 g/mol. The summed E-state index contributed by atoms with van der Waals surface area (Å²) in [5.74, 6) is -0.241. The van der Waals surface area contributed by atoms with E-state index in [0.717, 1.165) is 23.9 Å². The van der Waals surface area contributed by atoms with Crippen molar-refractivity contribution in [3.8, 4) is 0 Å². The molecule has 5 nitrogen and oxygen atoms in total. The lowest BCUT2D eigenvalue weighted by Gasteiger charge is -2.23. The second-order valence-corrected chi connectivity index (χ2v) is 8.08. The number of halogens is 1. The zero-order valence-electron chi connectivity index (χ0n) is 13.3. The number of anilines is 2. The Hall–Kier alpha value is -2.05. The number of benzene rings is 2. The fourth-order valence-corrected chi connectivity index (χ4v) is 3.73. The van der Waals surface area contributed by atoms with E-state index in [9.17, 15) is 13.2 Å². The van der Waals surface area contributed by atoms with Gasteiger partial charge in [0.15, 0.2) is 0 Å². The molecule has 0 aromatic heterocycles. The van der Waals surface area contributed by atoms with Gasteiger partial charge < -0.3 is 4.90 Å². The first-order chi connectivity index (χ1) is 11.3. The highest BCUT2D eigenvalue weighted by atomic mass is 35.5. The number of carbonyl (C=O) groups excluding carboxylic acids is 1. The number of rotatable bonds is 3. The molecule has 0 aliphatic carbocycles. The third kappa shape index (κ3) is 3.25. The lowest BCUT2D eigenvalue weighted by molar-refractivity contribution is 0.0981. The highest BCUT2D eigenvalue weighted by molar-refractivity contribution is 7.92. The van der Waals surface area contributed by atoms with Crippen LogP contribution in [0.5, 0.6) is 0 Å². The Bertz CT molecular complexity index is 912. The van der Waals surface area contributed by atoms with E-state index >= 15 is 0 Å². The van der Waals surface area contributed by atoms with Crippen molar-refractivity contribution in [2.24, 2.45) is 0 Å². The van der Waals surface area contributed by atoms with Gasteiger partial charge in [-0.3, -0.25) is 9.52 Å². The average Bonchev–Trinajstić information content (AvgIpc) is 2.83. The number of sulfonamides is 1.